The third-order valence-electron chi connectivity index (χ3n) is 9.01. The normalized spacial score (nSPS) is 38.8. The largest absolute Gasteiger partial charge is 0.469 e. The quantitative estimate of drug-likeness (QED) is 0.539. The van der Waals surface area contributed by atoms with Crippen LogP contribution in [0.1, 0.15) is 71.1 Å². The first kappa shape index (κ1) is 23.8. The van der Waals surface area contributed by atoms with Crippen LogP contribution in [0, 0.1) is 22.7 Å². The number of hydrogen-bond donors (Lipinski definition) is 1. The fourth-order valence-electron chi connectivity index (χ4n) is 7.30. The predicted molar refractivity (Wildman–Crippen MR) is 116 cm³/mol. The van der Waals surface area contributed by atoms with Gasteiger partial charge in [0.15, 0.2) is 0 Å². The van der Waals surface area contributed by atoms with Gasteiger partial charge in [-0.25, -0.2) is 0 Å². The first-order valence-corrected chi connectivity index (χ1v) is 11.6. The van der Waals surface area contributed by atoms with Gasteiger partial charge in [0.05, 0.1) is 24.9 Å². The van der Waals surface area contributed by atoms with Gasteiger partial charge in [0.25, 0.3) is 0 Å². The molecule has 33 heavy (non-hydrogen) atoms. The molecule has 1 aromatic heterocycles. The summed E-state index contributed by atoms with van der Waals surface area (Å²) in [5.41, 5.74) is -2.24. The summed E-state index contributed by atoms with van der Waals surface area (Å²) >= 11 is 0. The van der Waals surface area contributed by atoms with Gasteiger partial charge < -0.3 is 23.7 Å². The van der Waals surface area contributed by atoms with Crippen LogP contribution in [0.5, 0.6) is 0 Å². The Balaban J connectivity index is 1.87. The van der Waals surface area contributed by atoms with E-state index in [2.05, 4.69) is 0 Å². The molecule has 0 aliphatic heterocycles. The smallest absolute Gasteiger partial charge is 0.313 e. The minimum absolute atomic E-state index is 0.119. The van der Waals surface area contributed by atoms with Crippen LogP contribution in [0.2, 0.25) is 0 Å². The highest BCUT2D eigenvalue weighted by Crippen LogP contribution is 2.67. The molecule has 3 aliphatic carbocycles. The summed E-state index contributed by atoms with van der Waals surface area (Å²) in [6.07, 6.45) is 1.96. The summed E-state index contributed by atoms with van der Waals surface area (Å²) in [4.78, 5) is 37.0. The second-order valence-electron chi connectivity index (χ2n) is 10.6. The minimum Gasteiger partial charge on any atom is -0.469 e. The number of esters is 3. The lowest BCUT2D eigenvalue weighted by Gasteiger charge is -2.68. The molecular formula is C25H34O8. The second-order valence-corrected chi connectivity index (χ2v) is 10.6. The maximum Gasteiger partial charge on any atom is 0.313 e. The summed E-state index contributed by atoms with van der Waals surface area (Å²) in [6, 6.07) is 1.82. The van der Waals surface area contributed by atoms with E-state index in [0.29, 0.717) is 25.0 Å². The van der Waals surface area contributed by atoms with E-state index in [1.807, 2.05) is 26.8 Å². The van der Waals surface area contributed by atoms with Crippen LogP contribution >= 0.6 is 0 Å². The van der Waals surface area contributed by atoms with Gasteiger partial charge >= 0.3 is 17.9 Å². The molecule has 0 bridgehead atoms. The molecule has 3 aliphatic rings. The van der Waals surface area contributed by atoms with Crippen molar-refractivity contribution >= 4 is 17.9 Å². The first-order chi connectivity index (χ1) is 15.4. The van der Waals surface area contributed by atoms with E-state index in [-0.39, 0.29) is 24.2 Å². The van der Waals surface area contributed by atoms with E-state index in [1.54, 1.807) is 6.26 Å². The van der Waals surface area contributed by atoms with Gasteiger partial charge in [0.1, 0.15) is 18.0 Å². The average molecular weight is 463 g/mol. The van der Waals surface area contributed by atoms with Crippen LogP contribution in [0.15, 0.2) is 16.7 Å². The van der Waals surface area contributed by atoms with Gasteiger partial charge in [-0.1, -0.05) is 20.8 Å². The molecule has 8 heteroatoms. The van der Waals surface area contributed by atoms with Gasteiger partial charge in [-0.15, -0.1) is 0 Å². The van der Waals surface area contributed by atoms with Crippen LogP contribution in [-0.4, -0.2) is 47.9 Å². The zero-order chi connectivity index (χ0) is 24.3. The summed E-state index contributed by atoms with van der Waals surface area (Å²) in [6.45, 7) is 8.44. The first-order valence-electron chi connectivity index (χ1n) is 11.6. The molecule has 1 aromatic rings. The van der Waals surface area contributed by atoms with Gasteiger partial charge in [0, 0.05) is 43.1 Å². The van der Waals surface area contributed by atoms with Crippen LogP contribution < -0.4 is 0 Å². The third kappa shape index (κ3) is 3.24. The number of rotatable bonds is 3. The number of ether oxygens (including phenoxy) is 3. The summed E-state index contributed by atoms with van der Waals surface area (Å²) in [7, 11) is 1.38. The molecule has 1 heterocycles. The maximum absolute atomic E-state index is 12.9. The molecular weight excluding hydrogens is 428 g/mol. The van der Waals surface area contributed by atoms with Gasteiger partial charge in [-0.2, -0.15) is 0 Å². The molecule has 4 rings (SSSR count). The highest BCUT2D eigenvalue weighted by molar-refractivity contribution is 5.79. The van der Waals surface area contributed by atoms with Crippen molar-refractivity contribution in [2.75, 3.05) is 7.11 Å². The molecule has 2 saturated carbocycles. The zero-order valence-corrected chi connectivity index (χ0v) is 20.2. The van der Waals surface area contributed by atoms with Crippen LogP contribution in [0.4, 0.5) is 0 Å². The number of fused-ring (bicyclic) bond motifs is 4. The van der Waals surface area contributed by atoms with Crippen molar-refractivity contribution in [3.8, 4) is 0 Å². The van der Waals surface area contributed by atoms with E-state index in [1.165, 1.54) is 21.0 Å². The van der Waals surface area contributed by atoms with Crippen molar-refractivity contribution in [2.24, 2.45) is 22.7 Å². The fraction of sp³-hybridized carbons (Fsp3) is 0.720. The lowest BCUT2D eigenvalue weighted by molar-refractivity contribution is -0.305. The molecule has 182 valence electrons. The Labute approximate surface area is 193 Å². The highest BCUT2D eigenvalue weighted by atomic mass is 16.6. The van der Waals surface area contributed by atoms with E-state index >= 15 is 0 Å². The molecule has 1 N–H and O–H groups in total. The molecule has 0 unspecified atom stereocenters. The topological polar surface area (TPSA) is 112 Å². The monoisotopic (exact) mass is 462 g/mol. The van der Waals surface area contributed by atoms with Crippen molar-refractivity contribution in [2.45, 2.75) is 84.0 Å². The Hall–Kier alpha value is -2.35. The fourth-order valence-corrected chi connectivity index (χ4v) is 7.30. The molecule has 2 fully saturated rings. The summed E-state index contributed by atoms with van der Waals surface area (Å²) < 4.78 is 22.4. The van der Waals surface area contributed by atoms with Crippen LogP contribution in [0.25, 0.3) is 0 Å². The Morgan fingerprint density at radius 2 is 1.73 bits per heavy atom. The van der Waals surface area contributed by atoms with Crippen LogP contribution in [-0.2, 0) is 35.0 Å². The van der Waals surface area contributed by atoms with E-state index in [0.717, 1.165) is 5.56 Å². The average Bonchev–Trinajstić information content (AvgIpc) is 3.20. The lowest BCUT2D eigenvalue weighted by Crippen LogP contribution is -2.75. The van der Waals surface area contributed by atoms with Crippen molar-refractivity contribution in [3.05, 3.63) is 23.7 Å². The summed E-state index contributed by atoms with van der Waals surface area (Å²) in [5, 5.41) is 12.4. The molecule has 0 spiro atoms. The molecule has 0 aromatic carbocycles. The maximum atomic E-state index is 12.9. The minimum atomic E-state index is -1.33. The van der Waals surface area contributed by atoms with Crippen molar-refractivity contribution in [1.29, 1.82) is 0 Å². The van der Waals surface area contributed by atoms with Crippen LogP contribution in [0.3, 0.4) is 0 Å². The van der Waals surface area contributed by atoms with Crippen molar-refractivity contribution in [3.63, 3.8) is 0 Å². The molecule has 0 amide bonds. The Morgan fingerprint density at radius 1 is 1.09 bits per heavy atom. The molecule has 7 atom stereocenters. The molecule has 8 nitrogen and oxygen atoms in total. The van der Waals surface area contributed by atoms with E-state index < -0.39 is 46.5 Å². The third-order valence-corrected chi connectivity index (χ3v) is 9.01. The van der Waals surface area contributed by atoms with E-state index in [4.69, 9.17) is 18.6 Å². The van der Waals surface area contributed by atoms with Crippen molar-refractivity contribution < 1.29 is 38.1 Å². The zero-order valence-electron chi connectivity index (χ0n) is 20.2. The van der Waals surface area contributed by atoms with Gasteiger partial charge in [-0.05, 0) is 30.7 Å². The second kappa shape index (κ2) is 7.86. The number of aliphatic hydroxyl groups is 1. The van der Waals surface area contributed by atoms with E-state index in [9.17, 15) is 19.5 Å². The number of furan rings is 1. The van der Waals surface area contributed by atoms with Gasteiger partial charge in [-0.3, -0.25) is 14.4 Å². The standard InChI is InChI=1S/C25H34O8/c1-13(26)32-19-12-20(33-14(2)27)24(5)17-11-18-16(8-10-31-18)21(22(28)30-6)15(17)7-9-25(24,29)23(19,3)4/h8,10,15,17,19-21,29H,7,9,11-12H2,1-6H3/t15-,17+,19-,20+,21+,24+,25-/m1/s1. The number of hydrogen-bond acceptors (Lipinski definition) is 8. The number of carbonyl (C=O) groups excluding carboxylic acids is 3. The Morgan fingerprint density at radius 3 is 2.33 bits per heavy atom. The highest BCUT2D eigenvalue weighted by Gasteiger charge is 2.73. The Bertz CT molecular complexity index is 963. The number of methoxy groups -OCH3 is 1. The SMILES string of the molecule is COC(=O)[C@@H]1c2ccoc2C[C@H]2[C@H]1CC[C@@]1(O)C(C)(C)[C@H](OC(C)=O)C[C@H](OC(C)=O)[C@]21C. The Kier molecular flexibility index (Phi) is 5.67. The molecule has 0 saturated heterocycles. The lowest BCUT2D eigenvalue weighted by atomic mass is 9.40. The summed E-state index contributed by atoms with van der Waals surface area (Å²) in [5.74, 6) is -1.41. The predicted octanol–water partition coefficient (Wildman–Crippen LogP) is 3.15. The van der Waals surface area contributed by atoms with Gasteiger partial charge in [0.2, 0.25) is 0 Å². The molecule has 0 radical (unpaired) electrons. The number of carbonyl (C=O) groups is 3. The van der Waals surface area contributed by atoms with Crippen molar-refractivity contribution in [1.82, 2.24) is 0 Å².